The highest BCUT2D eigenvalue weighted by Gasteiger charge is 2.37. The van der Waals surface area contributed by atoms with Crippen molar-refractivity contribution in [2.24, 2.45) is 0 Å². The summed E-state index contributed by atoms with van der Waals surface area (Å²) in [6.45, 7) is 9.54. The van der Waals surface area contributed by atoms with E-state index in [2.05, 4.69) is 210 Å². The minimum Gasteiger partial charge on any atom is -0.0622 e. The van der Waals surface area contributed by atoms with E-state index in [4.69, 9.17) is 0 Å². The zero-order valence-corrected chi connectivity index (χ0v) is 33.3. The van der Waals surface area contributed by atoms with Crippen molar-refractivity contribution in [2.75, 3.05) is 0 Å². The van der Waals surface area contributed by atoms with Gasteiger partial charge >= 0.3 is 0 Å². The van der Waals surface area contributed by atoms with Gasteiger partial charge in [0.25, 0.3) is 0 Å². The van der Waals surface area contributed by atoms with Crippen LogP contribution in [0.1, 0.15) is 49.9 Å². The first-order chi connectivity index (χ1) is 28.3. The van der Waals surface area contributed by atoms with Crippen LogP contribution in [0, 0.1) is 0 Å². The molecule has 0 aliphatic heterocycles. The molecule has 10 aromatic rings. The Labute approximate surface area is 340 Å². The SMILES string of the molecule is CC1(C)c2ccc(-c3c4ccccc4c(-c4ccc5c(c4)-c4cc6ccccc6cc4C5(C)C)c4cc(-c5ccccc5)ccc34)cc2-c2cc3ccccc3cc21. The van der Waals surface area contributed by atoms with Gasteiger partial charge in [0.15, 0.2) is 0 Å². The second kappa shape index (κ2) is 11.9. The molecule has 0 atom stereocenters. The van der Waals surface area contributed by atoms with Crippen molar-refractivity contribution in [3.63, 3.8) is 0 Å². The molecule has 0 aromatic heterocycles. The molecular weight excluding hydrogens is 697 g/mol. The average Bonchev–Trinajstić information content (AvgIpc) is 3.61. The van der Waals surface area contributed by atoms with Crippen molar-refractivity contribution in [2.45, 2.75) is 38.5 Å². The summed E-state index contributed by atoms with van der Waals surface area (Å²) >= 11 is 0. The molecule has 0 radical (unpaired) electrons. The van der Waals surface area contributed by atoms with Crippen LogP contribution in [-0.2, 0) is 10.8 Å². The molecule has 0 saturated carbocycles. The van der Waals surface area contributed by atoms with E-state index in [1.165, 1.54) is 121 Å². The van der Waals surface area contributed by atoms with Crippen LogP contribution in [0.15, 0.2) is 182 Å². The van der Waals surface area contributed by atoms with E-state index in [9.17, 15) is 0 Å². The lowest BCUT2D eigenvalue weighted by Gasteiger charge is -2.23. The summed E-state index contributed by atoms with van der Waals surface area (Å²) in [7, 11) is 0. The first kappa shape index (κ1) is 33.4. The molecule has 0 fully saturated rings. The summed E-state index contributed by atoms with van der Waals surface area (Å²) in [6, 6.07) is 69.0. The van der Waals surface area contributed by atoms with Gasteiger partial charge in [-0.25, -0.2) is 0 Å². The molecular formula is C58H42. The van der Waals surface area contributed by atoms with E-state index < -0.39 is 0 Å². The minimum absolute atomic E-state index is 0.0845. The van der Waals surface area contributed by atoms with E-state index in [0.717, 1.165) is 0 Å². The Hall–Kier alpha value is -6.76. The third-order valence-corrected chi connectivity index (χ3v) is 13.8. The van der Waals surface area contributed by atoms with Gasteiger partial charge in [-0.15, -0.1) is 0 Å². The van der Waals surface area contributed by atoms with Gasteiger partial charge in [-0.1, -0.05) is 167 Å². The lowest BCUT2D eigenvalue weighted by atomic mass is 9.80. The molecule has 0 heterocycles. The molecule has 2 aliphatic carbocycles. The van der Waals surface area contributed by atoms with E-state index in [1.807, 2.05) is 0 Å². The van der Waals surface area contributed by atoms with Crippen molar-refractivity contribution in [3.8, 4) is 55.6 Å². The zero-order valence-electron chi connectivity index (χ0n) is 33.3. The Morgan fingerprint density at radius 1 is 0.259 bits per heavy atom. The van der Waals surface area contributed by atoms with Crippen LogP contribution in [-0.4, -0.2) is 0 Å². The van der Waals surface area contributed by atoms with Gasteiger partial charge in [0, 0.05) is 10.8 Å². The molecule has 58 heavy (non-hydrogen) atoms. The lowest BCUT2D eigenvalue weighted by Crippen LogP contribution is -2.14. The fourth-order valence-electron chi connectivity index (χ4n) is 10.8. The first-order valence-corrected chi connectivity index (χ1v) is 20.7. The second-order valence-electron chi connectivity index (χ2n) is 17.7. The number of hydrogen-bond donors (Lipinski definition) is 0. The maximum Gasteiger partial charge on any atom is 0.0159 e. The molecule has 0 bridgehead atoms. The van der Waals surface area contributed by atoms with Crippen LogP contribution in [0.2, 0.25) is 0 Å². The zero-order chi connectivity index (χ0) is 38.9. The molecule has 0 heteroatoms. The molecule has 10 aromatic carbocycles. The molecule has 0 saturated heterocycles. The van der Waals surface area contributed by atoms with Gasteiger partial charge in [0.1, 0.15) is 0 Å². The summed E-state index contributed by atoms with van der Waals surface area (Å²) in [5.74, 6) is 0. The Morgan fingerprint density at radius 3 is 1.17 bits per heavy atom. The van der Waals surface area contributed by atoms with Crippen molar-refractivity contribution < 1.29 is 0 Å². The highest BCUT2D eigenvalue weighted by Crippen LogP contribution is 2.54. The highest BCUT2D eigenvalue weighted by molar-refractivity contribution is 6.22. The standard InChI is InChI=1S/C58H42/c1-57(2)51-26-23-41(31-46(51)48-28-36-16-8-10-18-38(36)33-53(48)57)55-43-20-12-13-21-44(43)56(50-30-40(22-25-45(50)55)35-14-6-5-7-15-35)42-24-27-52-47(32-42)49-29-37-17-9-11-19-39(37)34-54(49)58(52,3)4/h5-34H,1-4H3. The second-order valence-corrected chi connectivity index (χ2v) is 17.7. The maximum absolute atomic E-state index is 2.49. The number of rotatable bonds is 3. The minimum atomic E-state index is -0.0886. The summed E-state index contributed by atoms with van der Waals surface area (Å²) in [6.07, 6.45) is 0. The van der Waals surface area contributed by atoms with E-state index in [1.54, 1.807) is 0 Å². The largest absolute Gasteiger partial charge is 0.0622 e. The van der Waals surface area contributed by atoms with Crippen molar-refractivity contribution in [1.29, 1.82) is 0 Å². The molecule has 0 amide bonds. The Morgan fingerprint density at radius 2 is 0.655 bits per heavy atom. The van der Waals surface area contributed by atoms with Crippen LogP contribution < -0.4 is 0 Å². The maximum atomic E-state index is 2.49. The molecule has 12 rings (SSSR count). The van der Waals surface area contributed by atoms with Crippen LogP contribution in [0.5, 0.6) is 0 Å². The molecule has 0 spiro atoms. The van der Waals surface area contributed by atoms with Gasteiger partial charge in [-0.2, -0.15) is 0 Å². The molecule has 274 valence electrons. The highest BCUT2D eigenvalue weighted by atomic mass is 14.4. The fraction of sp³-hybridized carbons (Fsp3) is 0.103. The topological polar surface area (TPSA) is 0 Å². The van der Waals surface area contributed by atoms with Crippen LogP contribution in [0.4, 0.5) is 0 Å². The Balaban J connectivity index is 1.14. The molecule has 2 aliphatic rings. The first-order valence-electron chi connectivity index (χ1n) is 20.7. The van der Waals surface area contributed by atoms with Crippen molar-refractivity contribution >= 4 is 43.1 Å². The average molecular weight is 739 g/mol. The normalized spacial score (nSPS) is 14.5. The van der Waals surface area contributed by atoms with Crippen molar-refractivity contribution in [3.05, 3.63) is 204 Å². The predicted octanol–water partition coefficient (Wildman–Crippen LogP) is 15.9. The van der Waals surface area contributed by atoms with E-state index in [-0.39, 0.29) is 10.8 Å². The quantitative estimate of drug-likeness (QED) is 0.158. The number of fused-ring (bicyclic) bond motifs is 10. The van der Waals surface area contributed by atoms with Gasteiger partial charge in [-0.3, -0.25) is 0 Å². The Bertz CT molecular complexity index is 3380. The fourth-order valence-corrected chi connectivity index (χ4v) is 10.8. The summed E-state index contributed by atoms with van der Waals surface area (Å²) in [5.41, 5.74) is 18.4. The van der Waals surface area contributed by atoms with Gasteiger partial charge in [0.2, 0.25) is 0 Å². The third kappa shape index (κ3) is 4.63. The molecule has 0 nitrogen and oxygen atoms in total. The Kier molecular flexibility index (Phi) is 6.84. The monoisotopic (exact) mass is 738 g/mol. The van der Waals surface area contributed by atoms with E-state index >= 15 is 0 Å². The third-order valence-electron chi connectivity index (χ3n) is 13.8. The summed E-state index contributed by atoms with van der Waals surface area (Å²) in [5, 5.41) is 10.3. The number of benzene rings is 10. The number of hydrogen-bond acceptors (Lipinski definition) is 0. The van der Waals surface area contributed by atoms with Gasteiger partial charge < -0.3 is 0 Å². The van der Waals surface area contributed by atoms with Crippen LogP contribution in [0.3, 0.4) is 0 Å². The summed E-state index contributed by atoms with van der Waals surface area (Å²) in [4.78, 5) is 0. The van der Waals surface area contributed by atoms with Crippen LogP contribution >= 0.6 is 0 Å². The summed E-state index contributed by atoms with van der Waals surface area (Å²) < 4.78 is 0. The van der Waals surface area contributed by atoms with Crippen LogP contribution in [0.25, 0.3) is 98.7 Å². The van der Waals surface area contributed by atoms with E-state index in [0.29, 0.717) is 0 Å². The smallest absolute Gasteiger partial charge is 0.0159 e. The predicted molar refractivity (Wildman–Crippen MR) is 248 cm³/mol. The molecule has 0 N–H and O–H groups in total. The van der Waals surface area contributed by atoms with Gasteiger partial charge in [-0.05, 0) is 163 Å². The molecule has 0 unspecified atom stereocenters. The lowest BCUT2D eigenvalue weighted by molar-refractivity contribution is 0.661. The van der Waals surface area contributed by atoms with Gasteiger partial charge in [0.05, 0.1) is 0 Å². The van der Waals surface area contributed by atoms with Crippen molar-refractivity contribution in [1.82, 2.24) is 0 Å².